The molecular formula is C21H21NO4S. The Morgan fingerprint density at radius 3 is 3.07 bits per heavy atom. The van der Waals surface area contributed by atoms with E-state index < -0.39 is 11.9 Å². The third-order valence-electron chi connectivity index (χ3n) is 5.22. The van der Waals surface area contributed by atoms with Crippen LogP contribution in [-0.4, -0.2) is 22.3 Å². The minimum atomic E-state index is -0.815. The average molecular weight is 383 g/mol. The molecule has 0 saturated carbocycles. The summed E-state index contributed by atoms with van der Waals surface area (Å²) < 4.78 is 17.7. The number of aliphatic hydroxyl groups excluding tert-OH is 1. The smallest absolute Gasteiger partial charge is 0.198 e. The number of hydrogen-bond donors (Lipinski definition) is 1. The highest BCUT2D eigenvalue weighted by atomic mass is 32.1. The number of fused-ring (bicyclic) bond motifs is 2. The first-order chi connectivity index (χ1) is 13.1. The number of aromatic nitrogens is 1. The van der Waals surface area contributed by atoms with E-state index in [1.54, 1.807) is 17.6 Å². The molecule has 0 aliphatic carbocycles. The molecule has 27 heavy (non-hydrogen) atoms. The molecule has 3 aromatic rings. The second kappa shape index (κ2) is 6.56. The van der Waals surface area contributed by atoms with Crippen LogP contribution in [0.2, 0.25) is 0 Å². The van der Waals surface area contributed by atoms with E-state index in [-0.39, 0.29) is 6.10 Å². The number of nitrogens with zero attached hydrogens (tertiary/aromatic N) is 1. The summed E-state index contributed by atoms with van der Waals surface area (Å²) in [6.07, 6.45) is 4.97. The van der Waals surface area contributed by atoms with Gasteiger partial charge in [-0.1, -0.05) is 12.1 Å². The van der Waals surface area contributed by atoms with Gasteiger partial charge in [0.05, 0.1) is 35.0 Å². The second-order valence-electron chi connectivity index (χ2n) is 7.33. The Hall–Kier alpha value is -1.99. The van der Waals surface area contributed by atoms with E-state index in [2.05, 4.69) is 23.2 Å². The fourth-order valence-corrected chi connectivity index (χ4v) is 4.97. The minimum Gasteiger partial charge on any atom is -0.463 e. The summed E-state index contributed by atoms with van der Waals surface area (Å²) in [7, 11) is 0. The number of furan rings is 1. The van der Waals surface area contributed by atoms with E-state index in [9.17, 15) is 5.11 Å². The molecule has 1 fully saturated rings. The van der Waals surface area contributed by atoms with E-state index >= 15 is 0 Å². The Balaban J connectivity index is 1.42. The van der Waals surface area contributed by atoms with Crippen molar-refractivity contribution in [3.63, 3.8) is 0 Å². The first-order valence-corrected chi connectivity index (χ1v) is 10.0. The van der Waals surface area contributed by atoms with Crippen molar-refractivity contribution in [3.8, 4) is 10.6 Å². The van der Waals surface area contributed by atoms with Crippen molar-refractivity contribution in [3.05, 3.63) is 64.5 Å². The van der Waals surface area contributed by atoms with Crippen molar-refractivity contribution >= 4 is 11.3 Å². The summed E-state index contributed by atoms with van der Waals surface area (Å²) in [6, 6.07) is 10.2. The number of benzene rings is 1. The van der Waals surface area contributed by atoms with Crippen LogP contribution >= 0.6 is 11.3 Å². The summed E-state index contributed by atoms with van der Waals surface area (Å²) in [4.78, 5) is 5.58. The Morgan fingerprint density at radius 1 is 1.33 bits per heavy atom. The third-order valence-corrected chi connectivity index (χ3v) is 6.23. The SMILES string of the molecule is CC1CC(O)C[C@@]2(OCc3ccc(Cc4ncc(-c5ccco5)s4)cc32)O1. The minimum absolute atomic E-state index is 0.0295. The van der Waals surface area contributed by atoms with E-state index in [4.69, 9.17) is 13.9 Å². The number of thiazole rings is 1. The van der Waals surface area contributed by atoms with E-state index in [1.807, 2.05) is 25.3 Å². The van der Waals surface area contributed by atoms with Gasteiger partial charge in [0.25, 0.3) is 0 Å². The van der Waals surface area contributed by atoms with Crippen LogP contribution in [-0.2, 0) is 28.3 Å². The molecule has 5 nitrogen and oxygen atoms in total. The lowest BCUT2D eigenvalue weighted by Gasteiger charge is -2.39. The number of ether oxygens (including phenoxy) is 2. The summed E-state index contributed by atoms with van der Waals surface area (Å²) in [5.74, 6) is 0.0311. The zero-order valence-corrected chi connectivity index (χ0v) is 15.9. The summed E-state index contributed by atoms with van der Waals surface area (Å²) in [5.41, 5.74) is 3.35. The Morgan fingerprint density at radius 2 is 2.26 bits per heavy atom. The van der Waals surface area contributed by atoms with Crippen molar-refractivity contribution in [2.75, 3.05) is 0 Å². The topological polar surface area (TPSA) is 64.7 Å². The summed E-state index contributed by atoms with van der Waals surface area (Å²) in [6.45, 7) is 2.51. The van der Waals surface area contributed by atoms with Crippen LogP contribution in [0.15, 0.2) is 47.2 Å². The predicted octanol–water partition coefficient (Wildman–Crippen LogP) is 4.24. The lowest BCUT2D eigenvalue weighted by Crippen LogP contribution is -2.43. The van der Waals surface area contributed by atoms with Gasteiger partial charge in [-0.25, -0.2) is 4.98 Å². The van der Waals surface area contributed by atoms with Crippen LogP contribution in [0.3, 0.4) is 0 Å². The predicted molar refractivity (Wildman–Crippen MR) is 101 cm³/mol. The highest BCUT2D eigenvalue weighted by molar-refractivity contribution is 7.15. The van der Waals surface area contributed by atoms with Crippen LogP contribution in [0.5, 0.6) is 0 Å². The van der Waals surface area contributed by atoms with E-state index in [0.29, 0.717) is 19.4 Å². The lowest BCUT2D eigenvalue weighted by molar-refractivity contribution is -0.295. The molecule has 1 saturated heterocycles. The quantitative estimate of drug-likeness (QED) is 0.733. The first-order valence-electron chi connectivity index (χ1n) is 9.22. The van der Waals surface area contributed by atoms with Gasteiger partial charge in [-0.2, -0.15) is 0 Å². The summed E-state index contributed by atoms with van der Waals surface area (Å²) >= 11 is 1.64. The number of rotatable bonds is 3. The molecule has 140 valence electrons. The van der Waals surface area contributed by atoms with Crippen LogP contribution in [0.4, 0.5) is 0 Å². The van der Waals surface area contributed by atoms with Gasteiger partial charge in [-0.3, -0.25) is 0 Å². The van der Waals surface area contributed by atoms with Gasteiger partial charge in [-0.05, 0) is 42.7 Å². The van der Waals surface area contributed by atoms with Crippen molar-refractivity contribution in [2.45, 2.75) is 50.8 Å². The molecule has 0 radical (unpaired) electrons. The molecule has 2 unspecified atom stereocenters. The van der Waals surface area contributed by atoms with Gasteiger partial charge in [0.2, 0.25) is 0 Å². The largest absolute Gasteiger partial charge is 0.463 e. The second-order valence-corrected chi connectivity index (χ2v) is 8.44. The van der Waals surface area contributed by atoms with Gasteiger partial charge < -0.3 is 19.0 Å². The average Bonchev–Trinajstić information content (AvgIpc) is 3.36. The first kappa shape index (κ1) is 17.1. The maximum Gasteiger partial charge on any atom is 0.198 e. The van der Waals surface area contributed by atoms with Gasteiger partial charge >= 0.3 is 0 Å². The van der Waals surface area contributed by atoms with Crippen molar-refractivity contribution in [1.82, 2.24) is 4.98 Å². The van der Waals surface area contributed by atoms with E-state index in [1.165, 1.54) is 0 Å². The molecule has 0 amide bonds. The van der Waals surface area contributed by atoms with Gasteiger partial charge in [0, 0.05) is 24.6 Å². The third kappa shape index (κ3) is 3.12. The maximum atomic E-state index is 10.3. The van der Waals surface area contributed by atoms with Crippen molar-refractivity contribution in [1.29, 1.82) is 0 Å². The Bertz CT molecular complexity index is 939. The Kier molecular flexibility index (Phi) is 4.16. The van der Waals surface area contributed by atoms with Crippen LogP contribution in [0, 0.1) is 0 Å². The molecule has 5 rings (SSSR count). The van der Waals surface area contributed by atoms with Crippen LogP contribution < -0.4 is 0 Å². The Labute approximate surface area is 161 Å². The molecule has 2 aliphatic heterocycles. The van der Waals surface area contributed by atoms with Crippen LogP contribution in [0.1, 0.15) is 41.5 Å². The van der Waals surface area contributed by atoms with Gasteiger partial charge in [0.15, 0.2) is 5.79 Å². The van der Waals surface area contributed by atoms with Crippen molar-refractivity contribution in [2.24, 2.45) is 0 Å². The van der Waals surface area contributed by atoms with Crippen molar-refractivity contribution < 1.29 is 19.0 Å². The molecule has 1 spiro atoms. The van der Waals surface area contributed by atoms with Gasteiger partial charge in [0.1, 0.15) is 5.76 Å². The fourth-order valence-electron chi connectivity index (χ4n) is 4.05. The molecule has 2 aliphatic rings. The molecular weight excluding hydrogens is 362 g/mol. The highest BCUT2D eigenvalue weighted by Gasteiger charge is 2.47. The highest BCUT2D eigenvalue weighted by Crippen LogP contribution is 2.45. The maximum absolute atomic E-state index is 10.3. The zero-order chi connectivity index (χ0) is 18.4. The number of hydrogen-bond acceptors (Lipinski definition) is 6. The molecule has 0 bridgehead atoms. The van der Waals surface area contributed by atoms with Gasteiger partial charge in [-0.15, -0.1) is 11.3 Å². The fraction of sp³-hybridized carbons (Fsp3) is 0.381. The molecule has 2 aromatic heterocycles. The standard InChI is InChI=1S/C21H21NO4S/c1-13-7-16(23)10-21(26-13)17-8-14(4-5-15(17)12-25-21)9-20-22-11-19(27-20)18-3-2-6-24-18/h2-6,8,11,13,16,23H,7,9-10,12H2,1H3/t13?,16?,21-/m1/s1. The normalized spacial score (nSPS) is 27.2. The van der Waals surface area contributed by atoms with Crippen LogP contribution in [0.25, 0.3) is 10.6 Å². The molecule has 1 aromatic carbocycles. The monoisotopic (exact) mass is 383 g/mol. The molecule has 3 atom stereocenters. The molecule has 6 heteroatoms. The molecule has 4 heterocycles. The zero-order valence-electron chi connectivity index (χ0n) is 15.1. The lowest BCUT2D eigenvalue weighted by atomic mass is 9.90. The molecule has 1 N–H and O–H groups in total. The van der Waals surface area contributed by atoms with E-state index in [0.717, 1.165) is 38.8 Å². The number of aliphatic hydroxyl groups is 1. The summed E-state index contributed by atoms with van der Waals surface area (Å²) in [5, 5.41) is 11.3.